The first-order valence-electron chi connectivity index (χ1n) is 17.5. The summed E-state index contributed by atoms with van der Waals surface area (Å²) in [5.74, 6) is 0. The van der Waals surface area contributed by atoms with Crippen LogP contribution in [0.2, 0.25) is 0 Å². The highest BCUT2D eigenvalue weighted by Gasteiger charge is 2.22. The van der Waals surface area contributed by atoms with Gasteiger partial charge in [0, 0.05) is 27.7 Å². The van der Waals surface area contributed by atoms with E-state index in [0.29, 0.717) is 0 Å². The smallest absolute Gasteiger partial charge is 0.0562 e. The van der Waals surface area contributed by atoms with E-state index in [0.717, 1.165) is 22.7 Å². The molecule has 2 heteroatoms. The second-order valence-corrected chi connectivity index (χ2v) is 13.1. The van der Waals surface area contributed by atoms with Gasteiger partial charge in [-0.3, -0.25) is 0 Å². The van der Waals surface area contributed by atoms with Crippen molar-refractivity contribution in [1.29, 1.82) is 0 Å². The summed E-state index contributed by atoms with van der Waals surface area (Å²) in [5, 5.41) is 2.44. The summed E-state index contributed by atoms with van der Waals surface area (Å²) in [7, 11) is 0. The van der Waals surface area contributed by atoms with Crippen LogP contribution < -0.4 is 4.90 Å². The average molecular weight is 653 g/mol. The van der Waals surface area contributed by atoms with E-state index in [2.05, 4.69) is 217 Å². The lowest BCUT2D eigenvalue weighted by Gasteiger charge is -2.29. The molecule has 0 saturated heterocycles. The Kier molecular flexibility index (Phi) is 7.75. The minimum atomic E-state index is 1.12. The topological polar surface area (TPSA) is 8.17 Å². The molecule has 2 nitrogen and oxygen atoms in total. The van der Waals surface area contributed by atoms with Gasteiger partial charge in [0.15, 0.2) is 0 Å². The quantitative estimate of drug-likeness (QED) is 0.166. The third-order valence-corrected chi connectivity index (χ3v) is 9.89. The maximum Gasteiger partial charge on any atom is 0.0562 e. The second-order valence-electron chi connectivity index (χ2n) is 13.1. The van der Waals surface area contributed by atoms with Crippen LogP contribution in [-0.2, 0) is 0 Å². The molecule has 0 unspecified atom stereocenters. The van der Waals surface area contributed by atoms with E-state index in [1.54, 1.807) is 0 Å². The number of rotatable bonds is 7. The molecule has 0 radical (unpaired) electrons. The molecule has 0 amide bonds. The molecular weight excluding hydrogens is 617 g/mol. The van der Waals surface area contributed by atoms with Gasteiger partial charge in [0.2, 0.25) is 0 Å². The number of fused-ring (bicyclic) bond motifs is 3. The van der Waals surface area contributed by atoms with Gasteiger partial charge in [-0.25, -0.2) is 0 Å². The fourth-order valence-electron chi connectivity index (χ4n) is 7.39. The molecule has 242 valence electrons. The van der Waals surface area contributed by atoms with Crippen molar-refractivity contribution in [2.75, 3.05) is 4.90 Å². The molecule has 51 heavy (non-hydrogen) atoms. The van der Waals surface area contributed by atoms with Crippen LogP contribution >= 0.6 is 0 Å². The summed E-state index contributed by atoms with van der Waals surface area (Å²) >= 11 is 0. The van der Waals surface area contributed by atoms with E-state index < -0.39 is 0 Å². The zero-order valence-corrected chi connectivity index (χ0v) is 28.4. The normalized spacial score (nSPS) is 11.2. The first kappa shape index (κ1) is 30.4. The summed E-state index contributed by atoms with van der Waals surface area (Å²) in [5.41, 5.74) is 15.4. The molecule has 0 aliphatic carbocycles. The molecule has 0 N–H and O–H groups in total. The fourth-order valence-corrected chi connectivity index (χ4v) is 7.39. The highest BCUT2D eigenvalue weighted by atomic mass is 15.1. The number of benzene rings is 8. The zero-order chi connectivity index (χ0) is 34.1. The molecule has 9 aromatic rings. The van der Waals surface area contributed by atoms with Crippen LogP contribution in [0.5, 0.6) is 0 Å². The van der Waals surface area contributed by atoms with E-state index in [-0.39, 0.29) is 0 Å². The fraction of sp³-hybridized carbons (Fsp3) is 0.0204. The number of aryl methyl sites for hydroxylation is 1. The number of hydrogen-bond donors (Lipinski definition) is 0. The number of anilines is 3. The maximum atomic E-state index is 2.43. The third kappa shape index (κ3) is 5.57. The Balaban J connectivity index is 1.20. The monoisotopic (exact) mass is 652 g/mol. The summed E-state index contributed by atoms with van der Waals surface area (Å²) in [4.78, 5) is 2.43. The summed E-state index contributed by atoms with van der Waals surface area (Å²) < 4.78 is 2.41. The molecule has 1 aromatic heterocycles. The van der Waals surface area contributed by atoms with Crippen molar-refractivity contribution in [2.45, 2.75) is 6.92 Å². The zero-order valence-electron chi connectivity index (χ0n) is 28.4. The van der Waals surface area contributed by atoms with Gasteiger partial charge in [0.25, 0.3) is 0 Å². The predicted molar refractivity (Wildman–Crippen MR) is 217 cm³/mol. The lowest BCUT2D eigenvalue weighted by molar-refractivity contribution is 1.18. The van der Waals surface area contributed by atoms with Crippen LogP contribution in [0.3, 0.4) is 0 Å². The molecule has 0 saturated carbocycles. The second kappa shape index (κ2) is 13.0. The van der Waals surface area contributed by atoms with Crippen molar-refractivity contribution >= 4 is 38.9 Å². The van der Waals surface area contributed by atoms with E-state index in [1.165, 1.54) is 60.8 Å². The molecule has 0 aliphatic rings. The van der Waals surface area contributed by atoms with Crippen molar-refractivity contribution in [3.05, 3.63) is 206 Å². The molecule has 1 heterocycles. The lowest BCUT2D eigenvalue weighted by Crippen LogP contribution is -2.11. The summed E-state index contributed by atoms with van der Waals surface area (Å²) in [6, 6.07) is 72.2. The minimum Gasteiger partial charge on any atom is -0.309 e. The first-order valence-corrected chi connectivity index (χ1v) is 17.5. The molecule has 9 rings (SSSR count). The predicted octanol–water partition coefficient (Wildman–Crippen LogP) is 13.6. The van der Waals surface area contributed by atoms with Crippen LogP contribution in [0.4, 0.5) is 17.1 Å². The Morgan fingerprint density at radius 3 is 1.57 bits per heavy atom. The largest absolute Gasteiger partial charge is 0.309 e. The highest BCUT2D eigenvalue weighted by Crippen LogP contribution is 2.46. The van der Waals surface area contributed by atoms with E-state index in [4.69, 9.17) is 0 Å². The minimum absolute atomic E-state index is 1.12. The Hall–Kier alpha value is -6.64. The van der Waals surface area contributed by atoms with Crippen LogP contribution in [0.25, 0.3) is 60.9 Å². The van der Waals surface area contributed by atoms with Crippen molar-refractivity contribution in [3.8, 4) is 39.1 Å². The Morgan fingerprint density at radius 2 is 0.882 bits per heavy atom. The molecule has 0 aliphatic heterocycles. The number of para-hydroxylation sites is 2. The van der Waals surface area contributed by atoms with Crippen LogP contribution in [0, 0.1) is 6.92 Å². The first-order chi connectivity index (χ1) is 25.2. The van der Waals surface area contributed by atoms with Crippen molar-refractivity contribution < 1.29 is 0 Å². The van der Waals surface area contributed by atoms with Crippen molar-refractivity contribution in [3.63, 3.8) is 0 Å². The van der Waals surface area contributed by atoms with Gasteiger partial charge in [-0.1, -0.05) is 157 Å². The molecular formula is C49H36N2. The lowest BCUT2D eigenvalue weighted by atomic mass is 10.0. The summed E-state index contributed by atoms with van der Waals surface area (Å²) in [6.07, 6.45) is 0. The van der Waals surface area contributed by atoms with Gasteiger partial charge < -0.3 is 9.47 Å². The third-order valence-electron chi connectivity index (χ3n) is 9.89. The Bertz CT molecular complexity index is 2600. The van der Waals surface area contributed by atoms with Crippen LogP contribution in [0.1, 0.15) is 5.56 Å². The van der Waals surface area contributed by atoms with Gasteiger partial charge in [0.05, 0.1) is 22.4 Å². The molecule has 0 spiro atoms. The highest BCUT2D eigenvalue weighted by molar-refractivity contribution is 6.17. The SMILES string of the molecule is Cc1ccc(N(c2ccccc2-c2ccccc2)c2cccc3c2c2ccccc2n3-c2ccc(-c3ccc(-c4ccccc4)cc3)cc2)cc1. The van der Waals surface area contributed by atoms with E-state index >= 15 is 0 Å². The van der Waals surface area contributed by atoms with E-state index in [9.17, 15) is 0 Å². The number of aromatic nitrogens is 1. The van der Waals surface area contributed by atoms with Gasteiger partial charge in [-0.05, 0) is 83.3 Å². The van der Waals surface area contributed by atoms with Gasteiger partial charge >= 0.3 is 0 Å². The molecule has 8 aromatic carbocycles. The number of hydrogen-bond acceptors (Lipinski definition) is 1. The number of nitrogens with zero attached hydrogens (tertiary/aromatic N) is 2. The Morgan fingerprint density at radius 1 is 0.373 bits per heavy atom. The van der Waals surface area contributed by atoms with Gasteiger partial charge in [0.1, 0.15) is 0 Å². The van der Waals surface area contributed by atoms with Crippen molar-refractivity contribution in [2.24, 2.45) is 0 Å². The Labute approximate surface area is 299 Å². The molecule has 0 atom stereocenters. The van der Waals surface area contributed by atoms with Crippen LogP contribution in [0.15, 0.2) is 200 Å². The molecule has 0 bridgehead atoms. The molecule has 0 fully saturated rings. The maximum absolute atomic E-state index is 2.43. The summed E-state index contributed by atoms with van der Waals surface area (Å²) in [6.45, 7) is 2.14. The standard InChI is InChI=1S/C49H36N2/c1-35-23-31-41(32-24-35)50(45-19-10-8-17-43(45)40-15-6-3-7-16-40)47-21-12-22-48-49(47)44-18-9-11-20-46(44)51(48)42-33-29-39(30-34-42)38-27-25-37(26-28-38)36-13-4-2-5-14-36/h2-34H,1H3. The van der Waals surface area contributed by atoms with E-state index in [1.807, 2.05) is 0 Å². The van der Waals surface area contributed by atoms with Crippen LogP contribution in [-0.4, -0.2) is 4.57 Å². The van der Waals surface area contributed by atoms with Gasteiger partial charge in [-0.15, -0.1) is 0 Å². The van der Waals surface area contributed by atoms with Gasteiger partial charge in [-0.2, -0.15) is 0 Å². The average Bonchev–Trinajstić information content (AvgIpc) is 3.55. The van der Waals surface area contributed by atoms with Crippen molar-refractivity contribution in [1.82, 2.24) is 4.57 Å².